The van der Waals surface area contributed by atoms with E-state index in [2.05, 4.69) is 4.74 Å². The molecule has 1 atom stereocenters. The molecule has 4 nitrogen and oxygen atoms in total. The minimum atomic E-state index is -0.331. The molecule has 0 radical (unpaired) electrons. The zero-order valence-electron chi connectivity index (χ0n) is 6.78. The number of carbonyl (C=O) groups excluding carboxylic acids is 2. The average molecular weight is 170 g/mol. The van der Waals surface area contributed by atoms with E-state index < -0.39 is 0 Å². The van der Waals surface area contributed by atoms with Gasteiger partial charge in [0.25, 0.3) is 0 Å². The molecule has 1 aliphatic heterocycles. The Labute approximate surface area is 70.1 Å². The van der Waals surface area contributed by atoms with Crippen LogP contribution in [0.1, 0.15) is 13.3 Å². The van der Waals surface area contributed by atoms with Gasteiger partial charge in [-0.05, 0) is 6.08 Å². The molecule has 0 aromatic rings. The summed E-state index contributed by atoms with van der Waals surface area (Å²) < 4.78 is 9.48. The maximum Gasteiger partial charge on any atom is 0.331 e. The normalized spacial score (nSPS) is 20.8. The fourth-order valence-electron chi connectivity index (χ4n) is 0.888. The van der Waals surface area contributed by atoms with Crippen LogP contribution in [-0.2, 0) is 19.1 Å². The van der Waals surface area contributed by atoms with Gasteiger partial charge in [-0.1, -0.05) is 0 Å². The number of esters is 2. The van der Waals surface area contributed by atoms with Crippen LogP contribution in [-0.4, -0.2) is 24.6 Å². The molecule has 1 rings (SSSR count). The summed E-state index contributed by atoms with van der Waals surface area (Å²) in [6, 6.07) is 0. The Hall–Kier alpha value is -1.32. The van der Waals surface area contributed by atoms with Crippen molar-refractivity contribution in [2.75, 3.05) is 6.61 Å². The Balaban J connectivity index is 2.13. The quantitative estimate of drug-likeness (QED) is 0.576. The molecule has 0 spiro atoms. The van der Waals surface area contributed by atoms with E-state index in [1.807, 2.05) is 0 Å². The third-order valence-electron chi connectivity index (χ3n) is 1.42. The smallest absolute Gasteiger partial charge is 0.331 e. The summed E-state index contributed by atoms with van der Waals surface area (Å²) in [5.74, 6) is -0.647. The van der Waals surface area contributed by atoms with Gasteiger partial charge in [0.2, 0.25) is 0 Å². The maximum atomic E-state index is 10.5. The van der Waals surface area contributed by atoms with E-state index in [9.17, 15) is 9.59 Å². The van der Waals surface area contributed by atoms with E-state index in [1.165, 1.54) is 13.0 Å². The topological polar surface area (TPSA) is 52.6 Å². The summed E-state index contributed by atoms with van der Waals surface area (Å²) in [5, 5.41) is 0. The van der Waals surface area contributed by atoms with Gasteiger partial charge in [-0.2, -0.15) is 0 Å². The third kappa shape index (κ3) is 2.74. The Morgan fingerprint density at radius 1 is 1.75 bits per heavy atom. The van der Waals surface area contributed by atoms with Gasteiger partial charge in [-0.15, -0.1) is 0 Å². The number of cyclic esters (lactones) is 1. The Morgan fingerprint density at radius 2 is 2.50 bits per heavy atom. The monoisotopic (exact) mass is 170 g/mol. The summed E-state index contributed by atoms with van der Waals surface area (Å²) in [5.41, 5.74) is 0. The van der Waals surface area contributed by atoms with Crippen molar-refractivity contribution in [1.82, 2.24) is 0 Å². The Kier molecular flexibility index (Phi) is 2.85. The van der Waals surface area contributed by atoms with Crippen LogP contribution in [0.3, 0.4) is 0 Å². The molecule has 0 aliphatic carbocycles. The highest BCUT2D eigenvalue weighted by Gasteiger charge is 2.15. The van der Waals surface area contributed by atoms with Gasteiger partial charge in [-0.25, -0.2) is 4.79 Å². The zero-order valence-corrected chi connectivity index (χ0v) is 6.78. The van der Waals surface area contributed by atoms with E-state index >= 15 is 0 Å². The lowest BCUT2D eigenvalue weighted by molar-refractivity contribution is -0.143. The second-order valence-electron chi connectivity index (χ2n) is 2.46. The van der Waals surface area contributed by atoms with E-state index in [-0.39, 0.29) is 24.6 Å². The van der Waals surface area contributed by atoms with Crippen LogP contribution < -0.4 is 0 Å². The predicted octanol–water partition coefficient (Wildman–Crippen LogP) is 0.421. The van der Waals surface area contributed by atoms with Crippen molar-refractivity contribution < 1.29 is 19.1 Å². The van der Waals surface area contributed by atoms with Crippen LogP contribution >= 0.6 is 0 Å². The van der Waals surface area contributed by atoms with E-state index in [0.717, 1.165) is 0 Å². The molecular formula is C8H10O4. The van der Waals surface area contributed by atoms with Gasteiger partial charge >= 0.3 is 11.9 Å². The van der Waals surface area contributed by atoms with E-state index in [1.54, 1.807) is 6.08 Å². The molecule has 0 fully saturated rings. The molecule has 0 bridgehead atoms. The fraction of sp³-hybridized carbons (Fsp3) is 0.500. The molecule has 0 amide bonds. The van der Waals surface area contributed by atoms with Crippen molar-refractivity contribution in [2.24, 2.45) is 0 Å². The van der Waals surface area contributed by atoms with Crippen LogP contribution in [0.25, 0.3) is 0 Å². The largest absolute Gasteiger partial charge is 0.466 e. The lowest BCUT2D eigenvalue weighted by Gasteiger charge is -2.07. The van der Waals surface area contributed by atoms with Crippen molar-refractivity contribution >= 4 is 11.9 Å². The Bertz CT molecular complexity index is 219. The number of rotatable bonds is 3. The highest BCUT2D eigenvalue weighted by Crippen LogP contribution is 2.08. The van der Waals surface area contributed by atoms with Gasteiger partial charge in [0, 0.05) is 19.4 Å². The maximum absolute atomic E-state index is 10.5. The van der Waals surface area contributed by atoms with E-state index in [4.69, 9.17) is 4.74 Å². The van der Waals surface area contributed by atoms with Crippen LogP contribution in [0.5, 0.6) is 0 Å². The van der Waals surface area contributed by atoms with Crippen molar-refractivity contribution in [1.29, 1.82) is 0 Å². The molecule has 0 aromatic heterocycles. The van der Waals surface area contributed by atoms with Crippen molar-refractivity contribution in [3.8, 4) is 0 Å². The summed E-state index contributed by atoms with van der Waals surface area (Å²) >= 11 is 0. The van der Waals surface area contributed by atoms with E-state index in [0.29, 0.717) is 6.42 Å². The van der Waals surface area contributed by atoms with Gasteiger partial charge < -0.3 is 9.47 Å². The SMILES string of the molecule is CC(=O)OCC[C@@H]1C=CC(=O)O1. The number of carbonyl (C=O) groups is 2. The molecule has 12 heavy (non-hydrogen) atoms. The van der Waals surface area contributed by atoms with Crippen LogP contribution in [0.15, 0.2) is 12.2 Å². The van der Waals surface area contributed by atoms with Crippen LogP contribution in [0.2, 0.25) is 0 Å². The molecule has 66 valence electrons. The summed E-state index contributed by atoms with van der Waals surface area (Å²) in [6.07, 6.45) is 3.34. The van der Waals surface area contributed by atoms with Gasteiger partial charge in [0.15, 0.2) is 0 Å². The second kappa shape index (κ2) is 3.90. The van der Waals surface area contributed by atoms with Crippen molar-refractivity contribution in [3.05, 3.63) is 12.2 Å². The highest BCUT2D eigenvalue weighted by atomic mass is 16.6. The molecule has 1 aliphatic rings. The molecule has 4 heteroatoms. The van der Waals surface area contributed by atoms with Crippen LogP contribution in [0.4, 0.5) is 0 Å². The van der Waals surface area contributed by atoms with Gasteiger partial charge in [-0.3, -0.25) is 4.79 Å². The summed E-state index contributed by atoms with van der Waals surface area (Å²) in [4.78, 5) is 20.9. The third-order valence-corrected chi connectivity index (χ3v) is 1.42. The van der Waals surface area contributed by atoms with Crippen molar-refractivity contribution in [3.63, 3.8) is 0 Å². The fourth-order valence-corrected chi connectivity index (χ4v) is 0.888. The van der Waals surface area contributed by atoms with Gasteiger partial charge in [0.1, 0.15) is 6.10 Å². The van der Waals surface area contributed by atoms with Crippen molar-refractivity contribution in [2.45, 2.75) is 19.4 Å². The Morgan fingerprint density at radius 3 is 3.00 bits per heavy atom. The molecule has 1 heterocycles. The zero-order chi connectivity index (χ0) is 8.97. The molecule has 0 saturated heterocycles. The molecule has 0 unspecified atom stereocenters. The average Bonchev–Trinajstić information content (AvgIpc) is 2.35. The standard InChI is InChI=1S/C8H10O4/c1-6(9)11-5-4-7-2-3-8(10)12-7/h2-3,7H,4-5H2,1H3/t7-/m0/s1. The highest BCUT2D eigenvalue weighted by molar-refractivity contribution is 5.84. The van der Waals surface area contributed by atoms with Crippen LogP contribution in [0, 0.1) is 0 Å². The lowest BCUT2D eigenvalue weighted by atomic mass is 10.3. The minimum Gasteiger partial charge on any atom is -0.466 e. The number of hydrogen-bond acceptors (Lipinski definition) is 4. The lowest BCUT2D eigenvalue weighted by Crippen LogP contribution is -2.12. The number of hydrogen-bond donors (Lipinski definition) is 0. The second-order valence-corrected chi connectivity index (χ2v) is 2.46. The number of ether oxygens (including phenoxy) is 2. The first-order valence-corrected chi connectivity index (χ1v) is 3.70. The first-order valence-electron chi connectivity index (χ1n) is 3.70. The molecular weight excluding hydrogens is 160 g/mol. The first-order chi connectivity index (χ1) is 5.68. The van der Waals surface area contributed by atoms with Gasteiger partial charge in [0.05, 0.1) is 6.61 Å². The molecule has 0 saturated carbocycles. The molecule has 0 N–H and O–H groups in total. The first kappa shape index (κ1) is 8.77. The minimum absolute atomic E-state index is 0.225. The summed E-state index contributed by atoms with van der Waals surface area (Å²) in [6.45, 7) is 1.63. The predicted molar refractivity (Wildman–Crippen MR) is 40.3 cm³/mol. The molecule has 0 aromatic carbocycles. The summed E-state index contributed by atoms with van der Waals surface area (Å²) in [7, 11) is 0.